The van der Waals surface area contributed by atoms with Gasteiger partial charge in [-0.25, -0.2) is 0 Å². The van der Waals surface area contributed by atoms with E-state index in [0.29, 0.717) is 17.3 Å². The number of anilines is 1. The Morgan fingerprint density at radius 3 is 2.27 bits per heavy atom. The predicted octanol–water partition coefficient (Wildman–Crippen LogP) is 3.61. The second-order valence-corrected chi connectivity index (χ2v) is 7.04. The zero-order valence-electron chi connectivity index (χ0n) is 14.2. The van der Waals surface area contributed by atoms with Gasteiger partial charge in [-0.05, 0) is 51.8 Å². The minimum atomic E-state index is -0.282. The first-order chi connectivity index (χ1) is 10.0. The van der Waals surface area contributed by atoms with Crippen LogP contribution >= 0.6 is 11.6 Å². The van der Waals surface area contributed by atoms with Gasteiger partial charge in [-0.1, -0.05) is 17.7 Å². The molecule has 0 radical (unpaired) electrons. The Morgan fingerprint density at radius 2 is 1.82 bits per heavy atom. The van der Waals surface area contributed by atoms with Gasteiger partial charge in [0.25, 0.3) is 0 Å². The molecule has 0 aromatic heterocycles. The van der Waals surface area contributed by atoms with E-state index in [4.69, 9.17) is 11.6 Å². The van der Waals surface area contributed by atoms with Gasteiger partial charge < -0.3 is 10.2 Å². The van der Waals surface area contributed by atoms with Crippen LogP contribution in [-0.2, 0) is 9.59 Å². The lowest BCUT2D eigenvalue weighted by Crippen LogP contribution is -2.42. The van der Waals surface area contributed by atoms with E-state index in [1.165, 1.54) is 6.92 Å². The molecule has 0 fully saturated rings. The fraction of sp³-hybridized carbons (Fsp3) is 0.529. The van der Waals surface area contributed by atoms with E-state index in [9.17, 15) is 9.59 Å². The average molecular weight is 325 g/mol. The van der Waals surface area contributed by atoms with E-state index < -0.39 is 0 Å². The molecule has 0 unspecified atom stereocenters. The van der Waals surface area contributed by atoms with Crippen molar-refractivity contribution in [3.05, 3.63) is 28.3 Å². The second-order valence-electron chi connectivity index (χ2n) is 6.63. The Hall–Kier alpha value is -1.55. The number of halogens is 1. The van der Waals surface area contributed by atoms with Crippen molar-refractivity contribution in [1.29, 1.82) is 0 Å². The molecule has 1 rings (SSSR count). The third-order valence-corrected chi connectivity index (χ3v) is 3.41. The number of nitrogens with zero attached hydrogens (tertiary/aromatic N) is 1. The highest BCUT2D eigenvalue weighted by Crippen LogP contribution is 2.31. The van der Waals surface area contributed by atoms with E-state index in [0.717, 1.165) is 11.1 Å². The zero-order chi connectivity index (χ0) is 17.1. The number of aryl methyl sites for hydroxylation is 2. The number of benzene rings is 1. The van der Waals surface area contributed by atoms with Gasteiger partial charge in [0, 0.05) is 25.4 Å². The van der Waals surface area contributed by atoms with Crippen molar-refractivity contribution in [2.75, 3.05) is 11.4 Å². The molecule has 0 bridgehead atoms. The lowest BCUT2D eigenvalue weighted by atomic mass is 10.1. The minimum Gasteiger partial charge on any atom is -0.351 e. The minimum absolute atomic E-state index is 0.0837. The second kappa shape index (κ2) is 7.14. The monoisotopic (exact) mass is 324 g/mol. The maximum Gasteiger partial charge on any atom is 0.223 e. The molecule has 0 atom stereocenters. The molecular formula is C17H25ClN2O2. The van der Waals surface area contributed by atoms with E-state index in [-0.39, 0.29) is 23.8 Å². The van der Waals surface area contributed by atoms with Crippen molar-refractivity contribution in [1.82, 2.24) is 5.32 Å². The largest absolute Gasteiger partial charge is 0.351 e. The smallest absolute Gasteiger partial charge is 0.223 e. The van der Waals surface area contributed by atoms with E-state index in [2.05, 4.69) is 5.32 Å². The number of amides is 2. The third-order valence-electron chi connectivity index (χ3n) is 3.13. The molecule has 1 aromatic carbocycles. The van der Waals surface area contributed by atoms with E-state index >= 15 is 0 Å². The highest BCUT2D eigenvalue weighted by molar-refractivity contribution is 6.34. The molecule has 5 heteroatoms. The van der Waals surface area contributed by atoms with Crippen molar-refractivity contribution in [2.24, 2.45) is 0 Å². The summed E-state index contributed by atoms with van der Waals surface area (Å²) in [5.41, 5.74) is 2.37. The number of nitrogens with one attached hydrogen (secondary N) is 1. The van der Waals surface area contributed by atoms with Gasteiger partial charge in [-0.3, -0.25) is 9.59 Å². The van der Waals surface area contributed by atoms with Crippen LogP contribution in [0.3, 0.4) is 0 Å². The van der Waals surface area contributed by atoms with Crippen LogP contribution in [0.1, 0.15) is 45.2 Å². The molecule has 0 spiro atoms. The molecule has 0 saturated carbocycles. The molecule has 0 saturated heterocycles. The van der Waals surface area contributed by atoms with Crippen molar-refractivity contribution in [3.63, 3.8) is 0 Å². The molecule has 0 aliphatic carbocycles. The Kier molecular flexibility index (Phi) is 6.00. The number of carbonyl (C=O) groups excluding carboxylic acids is 2. The molecular weight excluding hydrogens is 300 g/mol. The first-order valence-electron chi connectivity index (χ1n) is 7.37. The van der Waals surface area contributed by atoms with Crippen LogP contribution in [0.4, 0.5) is 5.69 Å². The summed E-state index contributed by atoms with van der Waals surface area (Å²) in [6.07, 6.45) is 0.237. The highest BCUT2D eigenvalue weighted by atomic mass is 35.5. The van der Waals surface area contributed by atoms with Crippen LogP contribution in [0.25, 0.3) is 0 Å². The summed E-state index contributed by atoms with van der Waals surface area (Å²) in [6.45, 7) is 11.4. The van der Waals surface area contributed by atoms with Crippen molar-refractivity contribution in [3.8, 4) is 0 Å². The molecule has 4 nitrogen and oxygen atoms in total. The number of hydrogen-bond acceptors (Lipinski definition) is 2. The van der Waals surface area contributed by atoms with Crippen LogP contribution in [0, 0.1) is 13.8 Å². The summed E-state index contributed by atoms with van der Waals surface area (Å²) < 4.78 is 0. The highest BCUT2D eigenvalue weighted by Gasteiger charge is 2.20. The zero-order valence-corrected chi connectivity index (χ0v) is 15.0. The van der Waals surface area contributed by atoms with Crippen LogP contribution in [0.15, 0.2) is 12.1 Å². The SMILES string of the molecule is CC(=O)N(CCC(=O)NC(C)(C)C)c1c(C)cc(C)cc1Cl. The number of hydrogen-bond donors (Lipinski definition) is 1. The lowest BCUT2D eigenvalue weighted by molar-refractivity contribution is -0.122. The summed E-state index contributed by atoms with van der Waals surface area (Å²) in [7, 11) is 0. The van der Waals surface area contributed by atoms with Crippen LogP contribution in [-0.4, -0.2) is 23.9 Å². The maximum absolute atomic E-state index is 12.0. The van der Waals surface area contributed by atoms with Gasteiger partial charge in [0.2, 0.25) is 11.8 Å². The topological polar surface area (TPSA) is 49.4 Å². The Morgan fingerprint density at radius 1 is 1.23 bits per heavy atom. The molecule has 0 aliphatic heterocycles. The quantitative estimate of drug-likeness (QED) is 0.919. The van der Waals surface area contributed by atoms with Crippen molar-refractivity contribution in [2.45, 2.75) is 53.5 Å². The summed E-state index contributed by atoms with van der Waals surface area (Å²) in [5.74, 6) is -0.211. The molecule has 1 N–H and O–H groups in total. The maximum atomic E-state index is 12.0. The van der Waals surface area contributed by atoms with Gasteiger partial charge in [0.1, 0.15) is 0 Å². The first-order valence-corrected chi connectivity index (χ1v) is 7.75. The molecule has 0 heterocycles. The third kappa shape index (κ3) is 5.34. The Balaban J connectivity index is 2.93. The average Bonchev–Trinajstić information content (AvgIpc) is 2.29. The summed E-state index contributed by atoms with van der Waals surface area (Å²) in [6, 6.07) is 3.81. The van der Waals surface area contributed by atoms with Crippen molar-refractivity contribution >= 4 is 29.1 Å². The van der Waals surface area contributed by atoms with Gasteiger partial charge in [0.05, 0.1) is 10.7 Å². The standard InChI is InChI=1S/C17H25ClN2O2/c1-11-9-12(2)16(14(18)10-11)20(13(3)21)8-7-15(22)19-17(4,5)6/h9-10H,7-8H2,1-6H3,(H,19,22). The predicted molar refractivity (Wildman–Crippen MR) is 91.5 cm³/mol. The fourth-order valence-electron chi connectivity index (χ4n) is 2.37. The van der Waals surface area contributed by atoms with E-state index in [1.54, 1.807) is 4.90 Å². The number of rotatable bonds is 4. The molecule has 0 aliphatic rings. The Labute approximate surface area is 137 Å². The van der Waals surface area contributed by atoms with Crippen molar-refractivity contribution < 1.29 is 9.59 Å². The molecule has 122 valence electrons. The number of carbonyl (C=O) groups is 2. The Bertz CT molecular complexity index is 554. The van der Waals surface area contributed by atoms with Crippen LogP contribution < -0.4 is 10.2 Å². The van der Waals surface area contributed by atoms with Crippen LogP contribution in [0.2, 0.25) is 5.02 Å². The lowest BCUT2D eigenvalue weighted by Gasteiger charge is -2.26. The first kappa shape index (κ1) is 18.5. The van der Waals surface area contributed by atoms with Crippen LogP contribution in [0.5, 0.6) is 0 Å². The van der Waals surface area contributed by atoms with Gasteiger partial charge >= 0.3 is 0 Å². The molecule has 22 heavy (non-hydrogen) atoms. The normalized spacial score (nSPS) is 11.2. The van der Waals surface area contributed by atoms with Gasteiger partial charge in [0.15, 0.2) is 0 Å². The molecule has 1 aromatic rings. The fourth-order valence-corrected chi connectivity index (χ4v) is 2.79. The summed E-state index contributed by atoms with van der Waals surface area (Å²) in [5, 5.41) is 3.42. The van der Waals surface area contributed by atoms with Gasteiger partial charge in [-0.15, -0.1) is 0 Å². The van der Waals surface area contributed by atoms with E-state index in [1.807, 2.05) is 46.8 Å². The molecule has 2 amide bonds. The summed E-state index contributed by atoms with van der Waals surface area (Å²) in [4.78, 5) is 25.5. The summed E-state index contributed by atoms with van der Waals surface area (Å²) >= 11 is 6.30. The van der Waals surface area contributed by atoms with Gasteiger partial charge in [-0.2, -0.15) is 0 Å².